The van der Waals surface area contributed by atoms with Gasteiger partial charge in [0.15, 0.2) is 0 Å². The van der Waals surface area contributed by atoms with E-state index < -0.39 is 5.60 Å². The van der Waals surface area contributed by atoms with Crippen LogP contribution in [-0.2, 0) is 12.0 Å². The maximum Gasteiger partial charge on any atom is 0.122 e. The van der Waals surface area contributed by atoms with E-state index in [2.05, 4.69) is 11.4 Å². The highest BCUT2D eigenvalue weighted by Gasteiger charge is 2.33. The topological polar surface area (TPSA) is 41.5 Å². The van der Waals surface area contributed by atoms with Gasteiger partial charge in [0, 0.05) is 6.54 Å². The van der Waals surface area contributed by atoms with Crippen molar-refractivity contribution in [1.82, 2.24) is 5.32 Å². The molecule has 1 saturated heterocycles. The first-order valence-electron chi connectivity index (χ1n) is 5.97. The molecule has 0 aromatic heterocycles. The standard InChI is InChI=1S/C13H17NO2/c15-13(5-6-14-9-13)11-3-4-12-10(8-11)2-1-7-16-12/h3-4,8,14-15H,1-2,5-7,9H2. The molecule has 3 heteroatoms. The lowest BCUT2D eigenvalue weighted by molar-refractivity contribution is 0.0585. The van der Waals surface area contributed by atoms with Crippen LogP contribution >= 0.6 is 0 Å². The Bertz CT molecular complexity index is 397. The monoisotopic (exact) mass is 219 g/mol. The first kappa shape index (κ1) is 10.1. The van der Waals surface area contributed by atoms with Crippen molar-refractivity contribution in [2.75, 3.05) is 19.7 Å². The van der Waals surface area contributed by atoms with Gasteiger partial charge >= 0.3 is 0 Å². The lowest BCUT2D eigenvalue weighted by Crippen LogP contribution is -2.28. The summed E-state index contributed by atoms with van der Waals surface area (Å²) in [5, 5.41) is 13.7. The summed E-state index contributed by atoms with van der Waals surface area (Å²) in [6.07, 6.45) is 2.94. The minimum Gasteiger partial charge on any atom is -0.493 e. The van der Waals surface area contributed by atoms with E-state index in [9.17, 15) is 5.11 Å². The number of benzene rings is 1. The highest BCUT2D eigenvalue weighted by atomic mass is 16.5. The number of aryl methyl sites for hydroxylation is 1. The van der Waals surface area contributed by atoms with E-state index >= 15 is 0 Å². The lowest BCUT2D eigenvalue weighted by Gasteiger charge is -2.25. The van der Waals surface area contributed by atoms with Gasteiger partial charge in [-0.25, -0.2) is 0 Å². The molecular formula is C13H17NO2. The zero-order valence-electron chi connectivity index (χ0n) is 9.33. The molecule has 0 spiro atoms. The number of aliphatic hydroxyl groups is 1. The molecule has 1 fully saturated rings. The zero-order valence-corrected chi connectivity index (χ0v) is 9.33. The summed E-state index contributed by atoms with van der Waals surface area (Å²) in [5.41, 5.74) is 1.60. The molecule has 16 heavy (non-hydrogen) atoms. The fourth-order valence-corrected chi connectivity index (χ4v) is 2.57. The van der Waals surface area contributed by atoms with E-state index in [-0.39, 0.29) is 0 Å². The Kier molecular flexibility index (Phi) is 2.37. The van der Waals surface area contributed by atoms with Gasteiger partial charge in [0.2, 0.25) is 0 Å². The van der Waals surface area contributed by atoms with Crippen LogP contribution in [0.1, 0.15) is 24.0 Å². The molecule has 0 amide bonds. The molecule has 2 aliphatic heterocycles. The molecule has 3 rings (SSSR count). The summed E-state index contributed by atoms with van der Waals surface area (Å²) >= 11 is 0. The molecule has 0 saturated carbocycles. The maximum absolute atomic E-state index is 10.5. The van der Waals surface area contributed by atoms with Crippen LogP contribution in [-0.4, -0.2) is 24.8 Å². The fraction of sp³-hybridized carbons (Fsp3) is 0.538. The van der Waals surface area contributed by atoms with Crippen LogP contribution in [0, 0.1) is 0 Å². The Labute approximate surface area is 95.4 Å². The molecule has 1 aromatic carbocycles. The first-order chi connectivity index (χ1) is 7.78. The molecule has 1 atom stereocenters. The highest BCUT2D eigenvalue weighted by Crippen LogP contribution is 2.33. The third-order valence-corrected chi connectivity index (χ3v) is 3.58. The number of fused-ring (bicyclic) bond motifs is 1. The zero-order chi connectivity index (χ0) is 11.0. The van der Waals surface area contributed by atoms with Crippen molar-refractivity contribution < 1.29 is 9.84 Å². The second kappa shape index (κ2) is 3.75. The van der Waals surface area contributed by atoms with Crippen LogP contribution in [0.15, 0.2) is 18.2 Å². The summed E-state index contributed by atoms with van der Waals surface area (Å²) in [6, 6.07) is 6.11. The Hall–Kier alpha value is -1.06. The normalized spacial score (nSPS) is 28.6. The van der Waals surface area contributed by atoms with Gasteiger partial charge in [-0.05, 0) is 49.1 Å². The minimum atomic E-state index is -0.674. The number of hydrogen-bond donors (Lipinski definition) is 2. The van der Waals surface area contributed by atoms with Crippen LogP contribution in [0.25, 0.3) is 0 Å². The average molecular weight is 219 g/mol. The molecule has 2 aliphatic rings. The van der Waals surface area contributed by atoms with Crippen molar-refractivity contribution in [1.29, 1.82) is 0 Å². The summed E-state index contributed by atoms with van der Waals surface area (Å²) in [7, 11) is 0. The number of rotatable bonds is 1. The van der Waals surface area contributed by atoms with E-state index in [1.54, 1.807) is 0 Å². The van der Waals surface area contributed by atoms with Crippen molar-refractivity contribution in [3.8, 4) is 5.75 Å². The summed E-state index contributed by atoms with van der Waals surface area (Å²) in [4.78, 5) is 0. The predicted octanol–water partition coefficient (Wildman–Crippen LogP) is 1.19. The third-order valence-electron chi connectivity index (χ3n) is 3.58. The van der Waals surface area contributed by atoms with Gasteiger partial charge in [-0.15, -0.1) is 0 Å². The van der Waals surface area contributed by atoms with E-state index in [1.807, 2.05) is 12.1 Å². The van der Waals surface area contributed by atoms with Crippen LogP contribution < -0.4 is 10.1 Å². The van der Waals surface area contributed by atoms with Gasteiger partial charge in [0.05, 0.1) is 6.61 Å². The average Bonchev–Trinajstić information content (AvgIpc) is 2.77. The van der Waals surface area contributed by atoms with Crippen molar-refractivity contribution in [2.24, 2.45) is 0 Å². The molecule has 3 nitrogen and oxygen atoms in total. The molecule has 0 radical (unpaired) electrons. The Morgan fingerprint density at radius 2 is 2.31 bits per heavy atom. The summed E-state index contributed by atoms with van der Waals surface area (Å²) in [5.74, 6) is 0.990. The van der Waals surface area contributed by atoms with Crippen molar-refractivity contribution in [2.45, 2.75) is 24.9 Å². The maximum atomic E-state index is 10.5. The van der Waals surface area contributed by atoms with Crippen molar-refractivity contribution in [3.05, 3.63) is 29.3 Å². The Balaban J connectivity index is 1.96. The second-order valence-corrected chi connectivity index (χ2v) is 4.73. The van der Waals surface area contributed by atoms with Crippen LogP contribution in [0.4, 0.5) is 0 Å². The SMILES string of the molecule is OC1(c2ccc3c(c2)CCCO3)CCNC1. The highest BCUT2D eigenvalue weighted by molar-refractivity contribution is 5.41. The lowest BCUT2D eigenvalue weighted by atomic mass is 9.90. The van der Waals surface area contributed by atoms with Gasteiger partial charge < -0.3 is 15.2 Å². The quantitative estimate of drug-likeness (QED) is 0.745. The molecule has 1 unspecified atom stereocenters. The van der Waals surface area contributed by atoms with E-state index in [1.165, 1.54) is 5.56 Å². The van der Waals surface area contributed by atoms with E-state index in [4.69, 9.17) is 4.74 Å². The minimum absolute atomic E-state index is 0.659. The predicted molar refractivity (Wildman–Crippen MR) is 61.6 cm³/mol. The molecule has 1 aromatic rings. The fourth-order valence-electron chi connectivity index (χ4n) is 2.57. The largest absolute Gasteiger partial charge is 0.493 e. The van der Waals surface area contributed by atoms with Gasteiger partial charge in [-0.2, -0.15) is 0 Å². The summed E-state index contributed by atoms with van der Waals surface area (Å²) in [6.45, 7) is 2.37. The van der Waals surface area contributed by atoms with Gasteiger partial charge in [0.25, 0.3) is 0 Å². The van der Waals surface area contributed by atoms with Crippen molar-refractivity contribution >= 4 is 0 Å². The third kappa shape index (κ3) is 1.60. The molecular weight excluding hydrogens is 202 g/mol. The number of ether oxygens (including phenoxy) is 1. The van der Waals surface area contributed by atoms with E-state index in [0.717, 1.165) is 43.7 Å². The number of hydrogen-bond acceptors (Lipinski definition) is 3. The first-order valence-corrected chi connectivity index (χ1v) is 5.97. The van der Waals surface area contributed by atoms with E-state index in [0.29, 0.717) is 6.54 Å². The molecule has 2 N–H and O–H groups in total. The van der Waals surface area contributed by atoms with Gasteiger partial charge in [0.1, 0.15) is 11.4 Å². The summed E-state index contributed by atoms with van der Waals surface area (Å²) < 4.78 is 5.58. The smallest absolute Gasteiger partial charge is 0.122 e. The second-order valence-electron chi connectivity index (χ2n) is 4.73. The van der Waals surface area contributed by atoms with Crippen LogP contribution in [0.3, 0.4) is 0 Å². The molecule has 86 valence electrons. The molecule has 0 bridgehead atoms. The van der Waals surface area contributed by atoms with Gasteiger partial charge in [-0.3, -0.25) is 0 Å². The molecule has 0 aliphatic carbocycles. The van der Waals surface area contributed by atoms with Crippen LogP contribution in [0.5, 0.6) is 5.75 Å². The van der Waals surface area contributed by atoms with Crippen molar-refractivity contribution in [3.63, 3.8) is 0 Å². The Morgan fingerprint density at radius 1 is 1.38 bits per heavy atom. The van der Waals surface area contributed by atoms with Gasteiger partial charge in [-0.1, -0.05) is 6.07 Å². The van der Waals surface area contributed by atoms with Crippen LogP contribution in [0.2, 0.25) is 0 Å². The number of nitrogens with one attached hydrogen (secondary N) is 1. The number of β-amino-alcohol motifs (C(OH)–C–C–N with tert-alkyl or cyclic N) is 1. The molecule has 2 heterocycles. The Morgan fingerprint density at radius 3 is 3.12 bits per heavy atom.